The molecule has 20 heavy (non-hydrogen) atoms. The predicted molar refractivity (Wildman–Crippen MR) is 71.2 cm³/mol. The van der Waals surface area contributed by atoms with E-state index in [9.17, 15) is 9.59 Å². The fraction of sp³-hybridized carbons (Fsp3) is 0.692. The topological polar surface area (TPSA) is 86.1 Å². The third-order valence-corrected chi connectivity index (χ3v) is 3.02. The van der Waals surface area contributed by atoms with E-state index < -0.39 is 5.97 Å². The Labute approximate surface area is 117 Å². The van der Waals surface area contributed by atoms with E-state index in [1.165, 1.54) is 4.68 Å². The molecule has 1 aromatic heterocycles. The minimum absolute atomic E-state index is 0.0260. The molecule has 2 rings (SSSR count). The van der Waals surface area contributed by atoms with Gasteiger partial charge in [0.1, 0.15) is 6.54 Å². The first kappa shape index (κ1) is 14.5. The van der Waals surface area contributed by atoms with Gasteiger partial charge in [-0.3, -0.25) is 4.79 Å². The standard InChI is InChI=1S/C13H20N4O3/c1-4-20-13(19)11-12(8(2)3)17(16-15-11)7-10(18)14-9-5-6-9/h8-9H,4-7H2,1-3H3,(H,14,18). The van der Waals surface area contributed by atoms with Gasteiger partial charge in [-0.05, 0) is 25.7 Å². The van der Waals surface area contributed by atoms with Crippen molar-refractivity contribution in [3.05, 3.63) is 11.4 Å². The lowest BCUT2D eigenvalue weighted by atomic mass is 10.1. The van der Waals surface area contributed by atoms with Crippen LogP contribution in [-0.4, -0.2) is 39.5 Å². The average molecular weight is 280 g/mol. The second-order valence-corrected chi connectivity index (χ2v) is 5.20. The number of ether oxygens (including phenoxy) is 1. The highest BCUT2D eigenvalue weighted by molar-refractivity contribution is 5.88. The Kier molecular flexibility index (Phi) is 4.36. The molecular formula is C13H20N4O3. The average Bonchev–Trinajstić information content (AvgIpc) is 3.06. The van der Waals surface area contributed by atoms with Crippen LogP contribution in [0.25, 0.3) is 0 Å². The van der Waals surface area contributed by atoms with Gasteiger partial charge in [-0.25, -0.2) is 9.48 Å². The molecule has 1 aromatic rings. The van der Waals surface area contributed by atoms with Crippen LogP contribution in [0.5, 0.6) is 0 Å². The van der Waals surface area contributed by atoms with Crippen molar-refractivity contribution < 1.29 is 14.3 Å². The van der Waals surface area contributed by atoms with Gasteiger partial charge in [-0.2, -0.15) is 0 Å². The Hall–Kier alpha value is -1.92. The van der Waals surface area contributed by atoms with Crippen molar-refractivity contribution in [1.29, 1.82) is 0 Å². The fourth-order valence-electron chi connectivity index (χ4n) is 1.99. The van der Waals surface area contributed by atoms with Gasteiger partial charge < -0.3 is 10.1 Å². The summed E-state index contributed by atoms with van der Waals surface area (Å²) in [5.74, 6) is -0.571. The highest BCUT2D eigenvalue weighted by Crippen LogP contribution is 2.20. The first-order valence-electron chi connectivity index (χ1n) is 6.92. The van der Waals surface area contributed by atoms with E-state index in [0.29, 0.717) is 11.7 Å². The second-order valence-electron chi connectivity index (χ2n) is 5.20. The van der Waals surface area contributed by atoms with Crippen LogP contribution >= 0.6 is 0 Å². The van der Waals surface area contributed by atoms with E-state index in [2.05, 4.69) is 15.6 Å². The SMILES string of the molecule is CCOC(=O)c1nnn(CC(=O)NC2CC2)c1C(C)C. The maximum atomic E-state index is 11.8. The van der Waals surface area contributed by atoms with Crippen LogP contribution in [0, 0.1) is 0 Å². The number of hydrogen-bond acceptors (Lipinski definition) is 5. The smallest absolute Gasteiger partial charge is 0.360 e. The van der Waals surface area contributed by atoms with Crippen molar-refractivity contribution in [2.45, 2.75) is 52.1 Å². The predicted octanol–water partition coefficient (Wildman–Crippen LogP) is 0.857. The van der Waals surface area contributed by atoms with Gasteiger partial charge in [0, 0.05) is 6.04 Å². The van der Waals surface area contributed by atoms with Crippen LogP contribution in [0.1, 0.15) is 55.7 Å². The summed E-state index contributed by atoms with van der Waals surface area (Å²) in [6.07, 6.45) is 2.07. The molecule has 110 valence electrons. The molecular weight excluding hydrogens is 260 g/mol. The number of carbonyl (C=O) groups excluding carboxylic acids is 2. The number of aromatic nitrogens is 3. The molecule has 1 fully saturated rings. The fourth-order valence-corrected chi connectivity index (χ4v) is 1.99. The monoisotopic (exact) mass is 280 g/mol. The molecule has 1 heterocycles. The van der Waals surface area contributed by atoms with E-state index in [1.54, 1.807) is 6.92 Å². The lowest BCUT2D eigenvalue weighted by Gasteiger charge is -2.10. The van der Waals surface area contributed by atoms with Crippen molar-refractivity contribution in [2.75, 3.05) is 6.61 Å². The van der Waals surface area contributed by atoms with E-state index in [-0.39, 0.29) is 30.7 Å². The number of esters is 1. The van der Waals surface area contributed by atoms with Crippen LogP contribution in [0.2, 0.25) is 0 Å². The molecule has 1 amide bonds. The first-order valence-corrected chi connectivity index (χ1v) is 6.92. The summed E-state index contributed by atoms with van der Waals surface area (Å²) in [4.78, 5) is 23.6. The first-order chi connectivity index (χ1) is 9.52. The highest BCUT2D eigenvalue weighted by Gasteiger charge is 2.26. The number of nitrogens with zero attached hydrogens (tertiary/aromatic N) is 3. The molecule has 0 unspecified atom stereocenters. The minimum Gasteiger partial charge on any atom is -0.461 e. The normalized spacial score (nSPS) is 14.4. The summed E-state index contributed by atoms with van der Waals surface area (Å²) < 4.78 is 6.44. The Bertz CT molecular complexity index is 506. The largest absolute Gasteiger partial charge is 0.461 e. The van der Waals surface area contributed by atoms with Crippen LogP contribution < -0.4 is 5.32 Å². The van der Waals surface area contributed by atoms with E-state index >= 15 is 0 Å². The van der Waals surface area contributed by atoms with Crippen molar-refractivity contribution in [2.24, 2.45) is 0 Å². The van der Waals surface area contributed by atoms with Crippen molar-refractivity contribution >= 4 is 11.9 Å². The van der Waals surface area contributed by atoms with Crippen molar-refractivity contribution in [3.8, 4) is 0 Å². The van der Waals surface area contributed by atoms with Gasteiger partial charge in [0.15, 0.2) is 5.69 Å². The molecule has 7 nitrogen and oxygen atoms in total. The molecule has 1 N–H and O–H groups in total. The lowest BCUT2D eigenvalue weighted by molar-refractivity contribution is -0.122. The quantitative estimate of drug-likeness (QED) is 0.781. The van der Waals surface area contributed by atoms with Gasteiger partial charge in [0.25, 0.3) is 0 Å². The summed E-state index contributed by atoms with van der Waals surface area (Å²) in [5.41, 5.74) is 0.829. The number of nitrogens with one attached hydrogen (secondary N) is 1. The summed E-state index contributed by atoms with van der Waals surface area (Å²) in [6, 6.07) is 0.304. The van der Waals surface area contributed by atoms with Crippen LogP contribution in [0.3, 0.4) is 0 Å². The maximum Gasteiger partial charge on any atom is 0.360 e. The zero-order chi connectivity index (χ0) is 14.7. The number of hydrogen-bond donors (Lipinski definition) is 1. The number of carbonyl (C=O) groups is 2. The second kappa shape index (κ2) is 6.02. The molecule has 7 heteroatoms. The number of amides is 1. The van der Waals surface area contributed by atoms with Crippen molar-refractivity contribution in [1.82, 2.24) is 20.3 Å². The van der Waals surface area contributed by atoms with E-state index in [1.807, 2.05) is 13.8 Å². The molecule has 1 aliphatic carbocycles. The summed E-state index contributed by atoms with van der Waals surface area (Å²) >= 11 is 0. The third kappa shape index (κ3) is 3.34. The van der Waals surface area contributed by atoms with Crippen LogP contribution in [0.15, 0.2) is 0 Å². The van der Waals surface area contributed by atoms with Crippen molar-refractivity contribution in [3.63, 3.8) is 0 Å². The molecule has 0 atom stereocenters. The van der Waals surface area contributed by atoms with Gasteiger partial charge in [-0.15, -0.1) is 5.10 Å². The summed E-state index contributed by atoms with van der Waals surface area (Å²) in [5, 5.41) is 10.7. The van der Waals surface area contributed by atoms with E-state index in [0.717, 1.165) is 12.8 Å². The number of rotatable bonds is 6. The molecule has 0 bridgehead atoms. The van der Waals surface area contributed by atoms with Gasteiger partial charge in [0.2, 0.25) is 5.91 Å². The Morgan fingerprint density at radius 2 is 2.15 bits per heavy atom. The molecule has 1 aliphatic rings. The zero-order valence-electron chi connectivity index (χ0n) is 12.0. The maximum absolute atomic E-state index is 11.8. The lowest BCUT2D eigenvalue weighted by Crippen LogP contribution is -2.30. The Morgan fingerprint density at radius 3 is 2.70 bits per heavy atom. The van der Waals surface area contributed by atoms with Gasteiger partial charge in [0.05, 0.1) is 12.3 Å². The van der Waals surface area contributed by atoms with Gasteiger partial charge >= 0.3 is 5.97 Å². The summed E-state index contributed by atoms with van der Waals surface area (Å²) in [6.45, 7) is 5.95. The Balaban J connectivity index is 2.15. The molecule has 0 aromatic carbocycles. The van der Waals surface area contributed by atoms with E-state index in [4.69, 9.17) is 4.74 Å². The molecule has 1 saturated carbocycles. The summed E-state index contributed by atoms with van der Waals surface area (Å²) in [7, 11) is 0. The third-order valence-electron chi connectivity index (χ3n) is 3.02. The van der Waals surface area contributed by atoms with Gasteiger partial charge in [-0.1, -0.05) is 19.1 Å². The zero-order valence-corrected chi connectivity index (χ0v) is 12.0. The highest BCUT2D eigenvalue weighted by atomic mass is 16.5. The van der Waals surface area contributed by atoms with Crippen LogP contribution in [-0.2, 0) is 16.1 Å². The van der Waals surface area contributed by atoms with Crippen LogP contribution in [0.4, 0.5) is 0 Å². The molecule has 0 saturated heterocycles. The molecule has 0 radical (unpaired) electrons. The Morgan fingerprint density at radius 1 is 1.45 bits per heavy atom. The minimum atomic E-state index is -0.495. The molecule has 0 aliphatic heterocycles. The molecule has 0 spiro atoms.